The molecule has 0 bridgehead atoms. The highest BCUT2D eigenvalue weighted by Crippen LogP contribution is 2.41. The summed E-state index contributed by atoms with van der Waals surface area (Å²) in [5.74, 6) is 0.845. The molecule has 20 heavy (non-hydrogen) atoms. The molecule has 1 atom stereocenters. The molecule has 0 aromatic carbocycles. The number of hydrogen-bond donors (Lipinski definition) is 1. The van der Waals surface area contributed by atoms with Crippen molar-refractivity contribution in [1.82, 2.24) is 15.2 Å². The molecule has 1 saturated carbocycles. The zero-order chi connectivity index (χ0) is 12.4. The van der Waals surface area contributed by atoms with Crippen molar-refractivity contribution in [3.05, 3.63) is 28.5 Å². The summed E-state index contributed by atoms with van der Waals surface area (Å²) in [6.45, 7) is 4.58. The minimum atomic E-state index is 0. The van der Waals surface area contributed by atoms with E-state index in [9.17, 15) is 0 Å². The third-order valence-corrected chi connectivity index (χ3v) is 4.67. The number of pyridine rings is 1. The Morgan fingerprint density at radius 3 is 2.50 bits per heavy atom. The molecule has 2 heterocycles. The summed E-state index contributed by atoms with van der Waals surface area (Å²) in [7, 11) is 0. The Labute approximate surface area is 141 Å². The molecule has 0 spiro atoms. The number of hydrogen-bond acceptors (Lipinski definition) is 3. The first-order valence-corrected chi connectivity index (χ1v) is 7.70. The summed E-state index contributed by atoms with van der Waals surface area (Å²) < 4.78 is 0.958. The van der Waals surface area contributed by atoms with Crippen molar-refractivity contribution in [2.45, 2.75) is 25.3 Å². The van der Waals surface area contributed by atoms with Crippen molar-refractivity contribution < 1.29 is 0 Å². The first-order chi connectivity index (χ1) is 8.84. The average molecular weight is 383 g/mol. The Morgan fingerprint density at radius 1 is 1.25 bits per heavy atom. The van der Waals surface area contributed by atoms with Gasteiger partial charge in [-0.05, 0) is 52.4 Å². The monoisotopic (exact) mass is 381 g/mol. The van der Waals surface area contributed by atoms with Gasteiger partial charge < -0.3 is 5.32 Å². The van der Waals surface area contributed by atoms with Crippen LogP contribution < -0.4 is 5.32 Å². The molecule has 1 aromatic heterocycles. The summed E-state index contributed by atoms with van der Waals surface area (Å²) in [6, 6.07) is 4.99. The van der Waals surface area contributed by atoms with E-state index in [4.69, 9.17) is 0 Å². The molecule has 114 valence electrons. The minimum absolute atomic E-state index is 0. The number of nitrogens with one attached hydrogen (secondary N) is 1. The first-order valence-electron chi connectivity index (χ1n) is 6.91. The lowest BCUT2D eigenvalue weighted by Gasteiger charge is -2.43. The van der Waals surface area contributed by atoms with E-state index in [1.54, 1.807) is 0 Å². The van der Waals surface area contributed by atoms with Gasteiger partial charge in [-0.3, -0.25) is 4.90 Å². The Kier molecular flexibility index (Phi) is 7.77. The van der Waals surface area contributed by atoms with Crippen LogP contribution in [0.2, 0.25) is 0 Å². The number of halogens is 3. The van der Waals surface area contributed by atoms with Crippen molar-refractivity contribution >= 4 is 40.7 Å². The van der Waals surface area contributed by atoms with Crippen LogP contribution in [0.1, 0.15) is 30.9 Å². The lowest BCUT2D eigenvalue weighted by atomic mass is 9.76. The van der Waals surface area contributed by atoms with Gasteiger partial charge in [0, 0.05) is 38.4 Å². The zero-order valence-electron chi connectivity index (χ0n) is 11.4. The van der Waals surface area contributed by atoms with E-state index in [1.807, 2.05) is 6.20 Å². The Balaban J connectivity index is 0.000001000. The summed E-state index contributed by atoms with van der Waals surface area (Å²) in [4.78, 5) is 6.91. The molecule has 0 amide bonds. The zero-order valence-corrected chi connectivity index (χ0v) is 14.6. The van der Waals surface area contributed by atoms with Gasteiger partial charge in [-0.15, -0.1) is 24.8 Å². The molecule has 1 aliphatic heterocycles. The van der Waals surface area contributed by atoms with E-state index in [2.05, 4.69) is 43.3 Å². The fourth-order valence-electron chi connectivity index (χ4n) is 3.10. The van der Waals surface area contributed by atoms with E-state index >= 15 is 0 Å². The maximum absolute atomic E-state index is 4.26. The third kappa shape index (κ3) is 4.08. The molecule has 3 nitrogen and oxygen atoms in total. The summed E-state index contributed by atoms with van der Waals surface area (Å²) in [6.07, 6.45) is 6.09. The quantitative estimate of drug-likeness (QED) is 0.811. The smallest absolute Gasteiger partial charge is 0.106 e. The molecule has 2 aliphatic rings. The first kappa shape index (κ1) is 18.2. The van der Waals surface area contributed by atoms with Crippen molar-refractivity contribution in [2.24, 2.45) is 5.92 Å². The minimum Gasteiger partial charge on any atom is -0.314 e. The van der Waals surface area contributed by atoms with E-state index in [0.29, 0.717) is 6.04 Å². The number of rotatable bonds is 3. The van der Waals surface area contributed by atoms with Gasteiger partial charge in [0.25, 0.3) is 0 Å². The van der Waals surface area contributed by atoms with Crippen molar-refractivity contribution in [1.29, 1.82) is 0 Å². The lowest BCUT2D eigenvalue weighted by molar-refractivity contribution is 0.0836. The van der Waals surface area contributed by atoms with Gasteiger partial charge in [0.05, 0.1) is 0 Å². The van der Waals surface area contributed by atoms with Gasteiger partial charge in [-0.1, -0.05) is 6.42 Å². The normalized spacial score (nSPS) is 21.2. The highest BCUT2D eigenvalue weighted by atomic mass is 79.9. The summed E-state index contributed by atoms with van der Waals surface area (Å²) in [5.41, 5.74) is 1.43. The predicted molar refractivity (Wildman–Crippen MR) is 91.0 cm³/mol. The van der Waals surface area contributed by atoms with Crippen LogP contribution in [0.25, 0.3) is 0 Å². The van der Waals surface area contributed by atoms with Gasteiger partial charge in [0.2, 0.25) is 0 Å². The van der Waals surface area contributed by atoms with Crippen molar-refractivity contribution in [3.8, 4) is 0 Å². The average Bonchev–Trinajstić information content (AvgIpc) is 2.34. The molecule has 0 unspecified atom stereocenters. The topological polar surface area (TPSA) is 28.2 Å². The summed E-state index contributed by atoms with van der Waals surface area (Å²) in [5, 5.41) is 3.44. The fraction of sp³-hybridized carbons (Fsp3) is 0.643. The molecular weight excluding hydrogens is 361 g/mol. The fourth-order valence-corrected chi connectivity index (χ4v) is 3.48. The predicted octanol–water partition coefficient (Wildman–Crippen LogP) is 3.43. The maximum Gasteiger partial charge on any atom is 0.106 e. The number of piperazine rings is 1. The standard InChI is InChI=1S/C14H20BrN3.2ClH/c15-13-10-12(4-5-17-13)14(11-2-1-3-11)18-8-6-16-7-9-18;;/h4-5,10-11,14,16H,1-3,6-9H2;2*1H/t14-;;/m1../s1. The van der Waals surface area contributed by atoms with E-state index in [1.165, 1.54) is 37.9 Å². The molecule has 0 radical (unpaired) electrons. The Bertz CT molecular complexity index is 409. The molecule has 1 aliphatic carbocycles. The maximum atomic E-state index is 4.26. The second-order valence-electron chi connectivity index (χ2n) is 5.33. The van der Waals surface area contributed by atoms with Crippen molar-refractivity contribution in [2.75, 3.05) is 26.2 Å². The Morgan fingerprint density at radius 2 is 1.95 bits per heavy atom. The molecule has 3 rings (SSSR count). The second kappa shape index (κ2) is 8.54. The lowest BCUT2D eigenvalue weighted by Crippen LogP contribution is -2.47. The van der Waals surface area contributed by atoms with Gasteiger partial charge in [0.15, 0.2) is 0 Å². The molecule has 1 saturated heterocycles. The largest absolute Gasteiger partial charge is 0.314 e. The van der Waals surface area contributed by atoms with Crippen LogP contribution in [0.15, 0.2) is 22.9 Å². The van der Waals surface area contributed by atoms with Gasteiger partial charge in [0.1, 0.15) is 4.60 Å². The Hall–Kier alpha value is 0.130. The third-order valence-electron chi connectivity index (χ3n) is 4.23. The van der Waals surface area contributed by atoms with Crippen LogP contribution in [-0.4, -0.2) is 36.1 Å². The van der Waals surface area contributed by atoms with Crippen LogP contribution in [0.5, 0.6) is 0 Å². The highest BCUT2D eigenvalue weighted by Gasteiger charge is 2.33. The van der Waals surface area contributed by atoms with Crippen LogP contribution in [-0.2, 0) is 0 Å². The molecule has 2 fully saturated rings. The number of nitrogens with zero attached hydrogens (tertiary/aromatic N) is 2. The van der Waals surface area contributed by atoms with Gasteiger partial charge in [-0.2, -0.15) is 0 Å². The van der Waals surface area contributed by atoms with Crippen LogP contribution >= 0.6 is 40.7 Å². The van der Waals surface area contributed by atoms with E-state index in [0.717, 1.165) is 23.6 Å². The SMILES string of the molecule is Brc1cc([C@@H](C2CCC2)N2CCNCC2)ccn1.Cl.Cl. The van der Waals surface area contributed by atoms with Gasteiger partial charge >= 0.3 is 0 Å². The van der Waals surface area contributed by atoms with E-state index in [-0.39, 0.29) is 24.8 Å². The van der Waals surface area contributed by atoms with E-state index < -0.39 is 0 Å². The van der Waals surface area contributed by atoms with Crippen LogP contribution in [0.3, 0.4) is 0 Å². The summed E-state index contributed by atoms with van der Waals surface area (Å²) >= 11 is 3.50. The molecule has 1 N–H and O–H groups in total. The van der Waals surface area contributed by atoms with Crippen LogP contribution in [0.4, 0.5) is 0 Å². The molecule has 1 aromatic rings. The second-order valence-corrected chi connectivity index (χ2v) is 6.15. The van der Waals surface area contributed by atoms with Crippen LogP contribution in [0, 0.1) is 5.92 Å². The molecular formula is C14H22BrCl2N3. The van der Waals surface area contributed by atoms with Gasteiger partial charge in [-0.25, -0.2) is 4.98 Å². The van der Waals surface area contributed by atoms with Crippen molar-refractivity contribution in [3.63, 3.8) is 0 Å². The highest BCUT2D eigenvalue weighted by molar-refractivity contribution is 9.10. The molecule has 6 heteroatoms. The number of aromatic nitrogens is 1.